The van der Waals surface area contributed by atoms with Gasteiger partial charge >= 0.3 is 0 Å². The fraction of sp³-hybridized carbons (Fsp3) is 0.357. The van der Waals surface area contributed by atoms with Gasteiger partial charge in [-0.15, -0.1) is 0 Å². The fourth-order valence-electron chi connectivity index (χ4n) is 4.33. The van der Waals surface area contributed by atoms with E-state index >= 15 is 0 Å². The van der Waals surface area contributed by atoms with E-state index < -0.39 is 6.04 Å². The first-order valence-electron chi connectivity index (χ1n) is 12.1. The lowest BCUT2D eigenvalue weighted by atomic mass is 9.87. The molecule has 182 valence electrons. The lowest BCUT2D eigenvalue weighted by molar-refractivity contribution is -0.127. The molecule has 7 heteroatoms. The van der Waals surface area contributed by atoms with Crippen LogP contribution in [0.15, 0.2) is 73.3 Å². The van der Waals surface area contributed by atoms with Gasteiger partial charge in [0, 0.05) is 42.6 Å². The summed E-state index contributed by atoms with van der Waals surface area (Å²) in [6, 6.07) is 14.1. The van der Waals surface area contributed by atoms with Crippen LogP contribution in [-0.2, 0) is 21.5 Å². The van der Waals surface area contributed by atoms with E-state index in [0.29, 0.717) is 17.8 Å². The molecule has 4 rings (SSSR count). The van der Waals surface area contributed by atoms with Crippen molar-refractivity contribution in [1.29, 1.82) is 0 Å². The van der Waals surface area contributed by atoms with E-state index in [9.17, 15) is 9.59 Å². The Hall–Kier alpha value is -3.58. The summed E-state index contributed by atoms with van der Waals surface area (Å²) in [7, 11) is 0. The van der Waals surface area contributed by atoms with E-state index in [-0.39, 0.29) is 23.3 Å². The molecule has 7 nitrogen and oxygen atoms in total. The SMILES string of the molecule is CC(C)(C)c1ccc(N(C(=O)[C@H]2CCCN2)C(C(=O)NCc2cccnc2)c2cccnc2)cc1. The van der Waals surface area contributed by atoms with E-state index in [2.05, 4.69) is 41.4 Å². The molecule has 3 heterocycles. The smallest absolute Gasteiger partial charge is 0.248 e. The van der Waals surface area contributed by atoms with Crippen LogP contribution in [0.5, 0.6) is 0 Å². The van der Waals surface area contributed by atoms with E-state index in [1.165, 1.54) is 0 Å². The van der Waals surface area contributed by atoms with Gasteiger partial charge in [0.1, 0.15) is 6.04 Å². The van der Waals surface area contributed by atoms with Gasteiger partial charge in [0.15, 0.2) is 0 Å². The maximum Gasteiger partial charge on any atom is 0.248 e. The standard InChI is InChI=1S/C28H33N5O2/c1-28(2,3)22-10-12-23(13-11-22)33(27(35)24-9-6-16-31-24)25(21-8-5-15-30-19-21)26(34)32-18-20-7-4-14-29-17-20/h4-5,7-8,10-15,17,19,24-25,31H,6,9,16,18H2,1-3H3,(H,32,34)/t24-,25?/m1/s1. The summed E-state index contributed by atoms with van der Waals surface area (Å²) >= 11 is 0. The van der Waals surface area contributed by atoms with Crippen molar-refractivity contribution in [3.63, 3.8) is 0 Å². The van der Waals surface area contributed by atoms with Crippen LogP contribution in [-0.4, -0.2) is 34.4 Å². The summed E-state index contributed by atoms with van der Waals surface area (Å²) < 4.78 is 0. The van der Waals surface area contributed by atoms with Gasteiger partial charge in [0.2, 0.25) is 11.8 Å². The van der Waals surface area contributed by atoms with E-state index in [1.54, 1.807) is 35.8 Å². The Morgan fingerprint density at radius 1 is 1.06 bits per heavy atom. The third-order valence-electron chi connectivity index (χ3n) is 6.30. The Kier molecular flexibility index (Phi) is 7.56. The summed E-state index contributed by atoms with van der Waals surface area (Å²) in [5, 5.41) is 6.31. The second-order valence-electron chi connectivity index (χ2n) is 9.92. The molecule has 0 bridgehead atoms. The number of benzene rings is 1. The molecule has 1 fully saturated rings. The number of carbonyl (C=O) groups is 2. The molecule has 3 aromatic rings. The van der Waals surface area contributed by atoms with Gasteiger partial charge in [-0.25, -0.2) is 0 Å². The quantitative estimate of drug-likeness (QED) is 0.545. The van der Waals surface area contributed by atoms with Crippen molar-refractivity contribution in [3.8, 4) is 0 Å². The van der Waals surface area contributed by atoms with Crippen molar-refractivity contribution in [1.82, 2.24) is 20.6 Å². The number of hydrogen-bond donors (Lipinski definition) is 2. The maximum absolute atomic E-state index is 13.9. The monoisotopic (exact) mass is 471 g/mol. The Labute approximate surface area is 207 Å². The molecule has 1 aromatic carbocycles. The summed E-state index contributed by atoms with van der Waals surface area (Å²) in [6.07, 6.45) is 8.40. The summed E-state index contributed by atoms with van der Waals surface area (Å²) in [5.41, 5.74) is 3.36. The van der Waals surface area contributed by atoms with Gasteiger partial charge in [-0.1, -0.05) is 45.0 Å². The Morgan fingerprint density at radius 3 is 2.34 bits per heavy atom. The largest absolute Gasteiger partial charge is 0.350 e. The third-order valence-corrected chi connectivity index (χ3v) is 6.30. The molecule has 1 aliphatic heterocycles. The molecular formula is C28H33N5O2. The summed E-state index contributed by atoms with van der Waals surface area (Å²) in [4.78, 5) is 37.6. The van der Waals surface area contributed by atoms with Crippen molar-refractivity contribution in [2.24, 2.45) is 0 Å². The first-order valence-corrected chi connectivity index (χ1v) is 12.1. The van der Waals surface area contributed by atoms with Crippen LogP contribution >= 0.6 is 0 Å². The number of amides is 2. The highest BCUT2D eigenvalue weighted by Gasteiger charge is 2.37. The number of hydrogen-bond acceptors (Lipinski definition) is 5. The number of rotatable bonds is 7. The van der Waals surface area contributed by atoms with Gasteiger partial charge in [0.05, 0.1) is 6.04 Å². The minimum absolute atomic E-state index is 0.0236. The maximum atomic E-state index is 13.9. The van der Waals surface area contributed by atoms with Crippen LogP contribution < -0.4 is 15.5 Å². The average Bonchev–Trinajstić information content (AvgIpc) is 3.41. The van der Waals surface area contributed by atoms with Gasteiger partial charge in [-0.3, -0.25) is 24.5 Å². The minimum atomic E-state index is -0.865. The predicted molar refractivity (Wildman–Crippen MR) is 137 cm³/mol. The first-order chi connectivity index (χ1) is 16.8. The molecule has 0 aliphatic carbocycles. The highest BCUT2D eigenvalue weighted by atomic mass is 16.2. The van der Waals surface area contributed by atoms with E-state index in [0.717, 1.165) is 30.5 Å². The topological polar surface area (TPSA) is 87.2 Å². The van der Waals surface area contributed by atoms with Crippen molar-refractivity contribution in [2.75, 3.05) is 11.4 Å². The first kappa shape index (κ1) is 24.5. The van der Waals surface area contributed by atoms with Crippen LogP contribution in [0.4, 0.5) is 5.69 Å². The Morgan fingerprint density at radius 2 is 1.77 bits per heavy atom. The summed E-state index contributed by atoms with van der Waals surface area (Å²) in [5.74, 6) is -0.385. The van der Waals surface area contributed by atoms with Crippen LogP contribution in [0.25, 0.3) is 0 Å². The van der Waals surface area contributed by atoms with Crippen molar-refractivity contribution >= 4 is 17.5 Å². The van der Waals surface area contributed by atoms with Crippen LogP contribution in [0.1, 0.15) is 56.3 Å². The zero-order valence-electron chi connectivity index (χ0n) is 20.6. The molecule has 1 aliphatic rings. The van der Waals surface area contributed by atoms with E-state index in [1.807, 2.05) is 42.5 Å². The van der Waals surface area contributed by atoms with Crippen molar-refractivity contribution < 1.29 is 9.59 Å². The highest BCUT2D eigenvalue weighted by Crippen LogP contribution is 2.32. The van der Waals surface area contributed by atoms with Crippen LogP contribution in [0, 0.1) is 0 Å². The lowest BCUT2D eigenvalue weighted by Gasteiger charge is -2.33. The predicted octanol–water partition coefficient (Wildman–Crippen LogP) is 3.92. The molecule has 2 N–H and O–H groups in total. The number of nitrogens with one attached hydrogen (secondary N) is 2. The second-order valence-corrected chi connectivity index (χ2v) is 9.92. The Bertz CT molecular complexity index is 1120. The minimum Gasteiger partial charge on any atom is -0.350 e. The van der Waals surface area contributed by atoms with Crippen molar-refractivity contribution in [3.05, 3.63) is 90.0 Å². The molecular weight excluding hydrogens is 438 g/mol. The third kappa shape index (κ3) is 5.92. The number of aromatic nitrogens is 2. The molecule has 2 atom stereocenters. The number of nitrogens with zero attached hydrogens (tertiary/aromatic N) is 3. The average molecular weight is 472 g/mol. The molecule has 1 saturated heterocycles. The second kappa shape index (κ2) is 10.8. The number of anilines is 1. The van der Waals surface area contributed by atoms with Gasteiger partial charge in [0.25, 0.3) is 0 Å². The summed E-state index contributed by atoms with van der Waals surface area (Å²) in [6.45, 7) is 7.56. The van der Waals surface area contributed by atoms with Gasteiger partial charge in [-0.2, -0.15) is 0 Å². The van der Waals surface area contributed by atoms with E-state index in [4.69, 9.17) is 0 Å². The molecule has 1 unspecified atom stereocenters. The zero-order valence-corrected chi connectivity index (χ0v) is 20.6. The number of carbonyl (C=O) groups excluding carboxylic acids is 2. The molecule has 2 amide bonds. The van der Waals surface area contributed by atoms with Gasteiger partial charge < -0.3 is 10.6 Å². The highest BCUT2D eigenvalue weighted by molar-refractivity contribution is 6.03. The normalized spacial score (nSPS) is 16.5. The van der Waals surface area contributed by atoms with Gasteiger partial charge in [-0.05, 0) is 60.2 Å². The zero-order chi connectivity index (χ0) is 24.8. The van der Waals surface area contributed by atoms with Crippen molar-refractivity contribution in [2.45, 2.75) is 57.7 Å². The molecule has 35 heavy (non-hydrogen) atoms. The fourth-order valence-corrected chi connectivity index (χ4v) is 4.33. The number of pyridine rings is 2. The molecule has 0 radical (unpaired) electrons. The molecule has 2 aromatic heterocycles. The van der Waals surface area contributed by atoms with Crippen LogP contribution in [0.2, 0.25) is 0 Å². The molecule has 0 spiro atoms. The van der Waals surface area contributed by atoms with Crippen LogP contribution in [0.3, 0.4) is 0 Å². The Balaban J connectivity index is 1.73. The molecule has 0 saturated carbocycles. The lowest BCUT2D eigenvalue weighted by Crippen LogP contribution is -2.50.